The van der Waals surface area contributed by atoms with Crippen LogP contribution in [0.4, 0.5) is 11.4 Å². The van der Waals surface area contributed by atoms with Crippen molar-refractivity contribution in [2.75, 3.05) is 37.1 Å². The second kappa shape index (κ2) is 7.56. The number of rotatable bonds is 4. The third-order valence-electron chi connectivity index (χ3n) is 4.87. The van der Waals surface area contributed by atoms with Crippen molar-refractivity contribution in [1.29, 1.82) is 5.26 Å². The minimum atomic E-state index is -3.60. The van der Waals surface area contributed by atoms with E-state index in [-0.39, 0.29) is 27.5 Å². The van der Waals surface area contributed by atoms with Crippen molar-refractivity contribution in [1.82, 2.24) is 4.57 Å². The van der Waals surface area contributed by atoms with Gasteiger partial charge in [0.15, 0.2) is 15.5 Å². The number of nitrogens with two attached hydrogens (primary N) is 1. The molecule has 28 heavy (non-hydrogen) atoms. The molecule has 2 aromatic rings. The zero-order valence-electron chi connectivity index (χ0n) is 15.8. The molecule has 2 N–H and O–H groups in total. The van der Waals surface area contributed by atoms with Crippen molar-refractivity contribution in [3.05, 3.63) is 35.7 Å². The fourth-order valence-electron chi connectivity index (χ4n) is 3.46. The van der Waals surface area contributed by atoms with Gasteiger partial charge in [-0.1, -0.05) is 0 Å². The molecule has 0 amide bonds. The van der Waals surface area contributed by atoms with E-state index in [9.17, 15) is 18.5 Å². The molecule has 9 heteroatoms. The maximum absolute atomic E-state index is 12.4. The highest BCUT2D eigenvalue weighted by atomic mass is 32.2. The normalized spacial score (nSPS) is 14.5. The van der Waals surface area contributed by atoms with Gasteiger partial charge in [0.2, 0.25) is 0 Å². The van der Waals surface area contributed by atoms with E-state index in [0.29, 0.717) is 0 Å². The van der Waals surface area contributed by atoms with Crippen molar-refractivity contribution in [2.45, 2.75) is 24.2 Å². The lowest BCUT2D eigenvalue weighted by Crippen LogP contribution is -2.29. The fourth-order valence-corrected chi connectivity index (χ4v) is 4.31. The van der Waals surface area contributed by atoms with E-state index in [1.54, 1.807) is 12.1 Å². The van der Waals surface area contributed by atoms with Crippen LogP contribution in [0.2, 0.25) is 0 Å². The maximum Gasteiger partial charge on any atom is 0.357 e. The summed E-state index contributed by atoms with van der Waals surface area (Å²) >= 11 is 0. The molecule has 3 rings (SSSR count). The Morgan fingerprint density at radius 1 is 1.25 bits per heavy atom. The predicted octanol–water partition coefficient (Wildman–Crippen LogP) is 2.11. The Balaban J connectivity index is 2.27. The monoisotopic (exact) mass is 402 g/mol. The highest BCUT2D eigenvalue weighted by Gasteiger charge is 2.26. The molecule has 0 saturated carbocycles. The number of sulfone groups is 1. The van der Waals surface area contributed by atoms with Crippen LogP contribution in [0.1, 0.15) is 35.3 Å². The van der Waals surface area contributed by atoms with Crippen LogP contribution in [0.25, 0.3) is 5.69 Å². The summed E-state index contributed by atoms with van der Waals surface area (Å²) in [5, 5.41) is 9.32. The average molecular weight is 402 g/mol. The first-order valence-electron chi connectivity index (χ1n) is 8.86. The third-order valence-corrected chi connectivity index (χ3v) is 6.01. The van der Waals surface area contributed by atoms with E-state index < -0.39 is 15.8 Å². The van der Waals surface area contributed by atoms with Crippen LogP contribution in [0.15, 0.2) is 29.3 Å². The Morgan fingerprint density at radius 3 is 2.50 bits per heavy atom. The summed E-state index contributed by atoms with van der Waals surface area (Å²) < 4.78 is 30.9. The number of esters is 1. The molecule has 1 aliphatic rings. The highest BCUT2D eigenvalue weighted by molar-refractivity contribution is 7.90. The van der Waals surface area contributed by atoms with Gasteiger partial charge in [-0.3, -0.25) is 0 Å². The molecule has 0 radical (unpaired) electrons. The molecule has 1 aliphatic heterocycles. The van der Waals surface area contributed by atoms with Gasteiger partial charge in [-0.05, 0) is 37.5 Å². The summed E-state index contributed by atoms with van der Waals surface area (Å²) in [6, 6.07) is 6.94. The van der Waals surface area contributed by atoms with Crippen molar-refractivity contribution in [3.8, 4) is 11.8 Å². The number of nitrogen functional groups attached to an aromatic ring is 1. The zero-order chi connectivity index (χ0) is 20.5. The van der Waals surface area contributed by atoms with Gasteiger partial charge in [-0.25, -0.2) is 13.2 Å². The molecule has 0 bridgehead atoms. The Hall–Kier alpha value is -2.99. The molecule has 1 aromatic carbocycles. The number of anilines is 2. The number of nitriles is 1. The summed E-state index contributed by atoms with van der Waals surface area (Å²) in [6.07, 6.45) is 5.75. The topological polar surface area (TPSA) is 118 Å². The van der Waals surface area contributed by atoms with Gasteiger partial charge >= 0.3 is 5.97 Å². The standard InChI is InChI=1S/C19H22N4O4S/c1-27-19(24)18-17(21)13(11-20)12-23(18)15-10-14(22-8-4-3-5-9-22)6-7-16(15)28(2,25)26/h6-7,10,12H,3-5,8-9,21H2,1-2H3. The first-order valence-corrected chi connectivity index (χ1v) is 10.8. The molecule has 0 atom stereocenters. The number of methoxy groups -OCH3 is 1. The molecule has 0 unspecified atom stereocenters. The minimum Gasteiger partial charge on any atom is -0.464 e. The molecule has 0 spiro atoms. The summed E-state index contributed by atoms with van der Waals surface area (Å²) in [4.78, 5) is 14.5. The first kappa shape index (κ1) is 19.8. The van der Waals surface area contributed by atoms with Gasteiger partial charge in [-0.15, -0.1) is 0 Å². The van der Waals surface area contributed by atoms with E-state index in [2.05, 4.69) is 4.90 Å². The number of piperidine rings is 1. The van der Waals surface area contributed by atoms with Gasteiger partial charge in [0.25, 0.3) is 0 Å². The second-order valence-corrected chi connectivity index (χ2v) is 8.73. The van der Waals surface area contributed by atoms with Gasteiger partial charge in [0.05, 0.1) is 28.9 Å². The van der Waals surface area contributed by atoms with Gasteiger partial charge in [0, 0.05) is 31.2 Å². The largest absolute Gasteiger partial charge is 0.464 e. The SMILES string of the molecule is COC(=O)c1c(N)c(C#N)cn1-c1cc(N2CCCCC2)ccc1S(C)(=O)=O. The summed E-state index contributed by atoms with van der Waals surface area (Å²) in [5.41, 5.74) is 7.04. The van der Waals surface area contributed by atoms with Gasteiger partial charge < -0.3 is 19.9 Å². The van der Waals surface area contributed by atoms with Gasteiger partial charge in [0.1, 0.15) is 6.07 Å². The molecule has 1 fully saturated rings. The Kier molecular flexibility index (Phi) is 5.34. The number of aromatic nitrogens is 1. The van der Waals surface area contributed by atoms with Crippen molar-refractivity contribution in [2.24, 2.45) is 0 Å². The first-order chi connectivity index (χ1) is 13.3. The number of ether oxygens (including phenoxy) is 1. The number of nitrogens with zero attached hydrogens (tertiary/aromatic N) is 3. The van der Waals surface area contributed by atoms with Crippen LogP contribution in [0, 0.1) is 11.3 Å². The molecular weight excluding hydrogens is 380 g/mol. The van der Waals surface area contributed by atoms with Crippen LogP contribution in [-0.4, -0.2) is 45.4 Å². The molecular formula is C19H22N4O4S. The predicted molar refractivity (Wildman–Crippen MR) is 105 cm³/mol. The Bertz CT molecular complexity index is 1060. The van der Waals surface area contributed by atoms with Gasteiger partial charge in [-0.2, -0.15) is 5.26 Å². The van der Waals surface area contributed by atoms with Crippen LogP contribution in [-0.2, 0) is 14.6 Å². The lowest BCUT2D eigenvalue weighted by molar-refractivity contribution is 0.0593. The molecule has 1 aromatic heterocycles. The number of hydrogen-bond donors (Lipinski definition) is 1. The van der Waals surface area contributed by atoms with Crippen LogP contribution in [0.5, 0.6) is 0 Å². The minimum absolute atomic E-state index is 0.0397. The summed E-state index contributed by atoms with van der Waals surface area (Å²) in [6.45, 7) is 1.75. The van der Waals surface area contributed by atoms with E-state index in [1.165, 1.54) is 23.9 Å². The van der Waals surface area contributed by atoms with Crippen LogP contribution >= 0.6 is 0 Å². The zero-order valence-corrected chi connectivity index (χ0v) is 16.6. The molecule has 8 nitrogen and oxygen atoms in total. The van der Waals surface area contributed by atoms with E-state index in [1.807, 2.05) is 6.07 Å². The third kappa shape index (κ3) is 3.55. The quantitative estimate of drug-likeness (QED) is 0.778. The van der Waals surface area contributed by atoms with Crippen molar-refractivity contribution >= 4 is 27.2 Å². The van der Waals surface area contributed by atoms with Crippen LogP contribution in [0.3, 0.4) is 0 Å². The number of benzene rings is 1. The highest BCUT2D eigenvalue weighted by Crippen LogP contribution is 2.32. The molecule has 2 heterocycles. The molecule has 148 valence electrons. The molecule has 1 saturated heterocycles. The Labute approximate surface area is 164 Å². The average Bonchev–Trinajstić information content (AvgIpc) is 3.03. The smallest absolute Gasteiger partial charge is 0.357 e. The lowest BCUT2D eigenvalue weighted by Gasteiger charge is -2.29. The van der Waals surface area contributed by atoms with Crippen LogP contribution < -0.4 is 10.6 Å². The van der Waals surface area contributed by atoms with E-state index in [0.717, 1.165) is 44.3 Å². The lowest BCUT2D eigenvalue weighted by atomic mass is 10.1. The maximum atomic E-state index is 12.4. The second-order valence-electron chi connectivity index (χ2n) is 6.75. The summed E-state index contributed by atoms with van der Waals surface area (Å²) in [7, 11) is -2.40. The summed E-state index contributed by atoms with van der Waals surface area (Å²) in [5.74, 6) is -0.748. The Morgan fingerprint density at radius 2 is 1.93 bits per heavy atom. The molecule has 0 aliphatic carbocycles. The number of carbonyl (C=O) groups is 1. The van der Waals surface area contributed by atoms with Crippen molar-refractivity contribution in [3.63, 3.8) is 0 Å². The van der Waals surface area contributed by atoms with E-state index >= 15 is 0 Å². The van der Waals surface area contributed by atoms with Crippen molar-refractivity contribution < 1.29 is 17.9 Å². The number of hydrogen-bond acceptors (Lipinski definition) is 7. The fraction of sp³-hybridized carbons (Fsp3) is 0.368. The van der Waals surface area contributed by atoms with E-state index in [4.69, 9.17) is 10.5 Å². The number of carbonyl (C=O) groups excluding carboxylic acids is 1.